The summed E-state index contributed by atoms with van der Waals surface area (Å²) in [5, 5.41) is 0. The Kier molecular flexibility index (Phi) is 4.95. The normalized spacial score (nSPS) is 13.2. The maximum absolute atomic E-state index is 13.1. The van der Waals surface area contributed by atoms with Gasteiger partial charge in [0.1, 0.15) is 5.75 Å². The number of carbonyl (C=O) groups is 1. The molecule has 7 nitrogen and oxygen atoms in total. The molecule has 1 aliphatic rings. The lowest BCUT2D eigenvalue weighted by Crippen LogP contribution is -2.30. The summed E-state index contributed by atoms with van der Waals surface area (Å²) in [7, 11) is -3.90. The van der Waals surface area contributed by atoms with E-state index in [2.05, 4.69) is 9.71 Å². The molecule has 4 rings (SSSR count). The van der Waals surface area contributed by atoms with Crippen molar-refractivity contribution in [2.45, 2.75) is 25.7 Å². The fourth-order valence-corrected chi connectivity index (χ4v) is 4.34. The number of carbonyl (C=O) groups excluding carboxylic acids is 1. The SMILES string of the molecule is CCN1C(=O)c2cc(S(=O)(=O)Nc3ccc(C)c(C)c3)ccc2Oc2cccnc21. The largest absolute Gasteiger partial charge is 0.453 e. The van der Waals surface area contributed by atoms with Crippen molar-refractivity contribution in [3.63, 3.8) is 0 Å². The Hall–Kier alpha value is -3.39. The van der Waals surface area contributed by atoms with Crippen molar-refractivity contribution >= 4 is 27.4 Å². The number of benzene rings is 2. The van der Waals surface area contributed by atoms with Crippen molar-refractivity contribution in [2.75, 3.05) is 16.2 Å². The Morgan fingerprint density at radius 2 is 1.83 bits per heavy atom. The van der Waals surface area contributed by atoms with Gasteiger partial charge in [0.05, 0.1) is 10.5 Å². The molecule has 3 aromatic rings. The highest BCUT2D eigenvalue weighted by Crippen LogP contribution is 2.38. The fraction of sp³-hybridized carbons (Fsp3) is 0.182. The Bertz CT molecular complexity index is 1250. The van der Waals surface area contributed by atoms with Crippen molar-refractivity contribution in [1.82, 2.24) is 4.98 Å². The molecule has 0 saturated heterocycles. The molecule has 8 heteroatoms. The molecule has 0 radical (unpaired) electrons. The first-order valence-electron chi connectivity index (χ1n) is 9.49. The highest BCUT2D eigenvalue weighted by molar-refractivity contribution is 7.92. The van der Waals surface area contributed by atoms with Gasteiger partial charge >= 0.3 is 0 Å². The van der Waals surface area contributed by atoms with E-state index < -0.39 is 10.0 Å². The molecular formula is C22H21N3O4S. The standard InChI is InChI=1S/C22H21N3O4S/c1-4-25-21-20(6-5-11-23-21)29-19-10-9-17(13-18(19)22(25)26)30(27,28)24-16-8-7-14(2)15(3)12-16/h5-13,24H,4H2,1-3H3. The number of pyridine rings is 1. The minimum absolute atomic E-state index is 0.0219. The molecule has 0 bridgehead atoms. The topological polar surface area (TPSA) is 88.6 Å². The summed E-state index contributed by atoms with van der Waals surface area (Å²) in [6.45, 7) is 6.06. The molecule has 2 aromatic carbocycles. The van der Waals surface area contributed by atoms with Crippen molar-refractivity contribution in [3.8, 4) is 11.5 Å². The molecule has 0 atom stereocenters. The lowest BCUT2D eigenvalue weighted by molar-refractivity contribution is 0.0987. The Morgan fingerprint density at radius 3 is 2.57 bits per heavy atom. The van der Waals surface area contributed by atoms with Crippen molar-refractivity contribution < 1.29 is 17.9 Å². The number of fused-ring (bicyclic) bond motifs is 2. The Morgan fingerprint density at radius 1 is 1.03 bits per heavy atom. The zero-order chi connectivity index (χ0) is 21.5. The number of hydrogen-bond donors (Lipinski definition) is 1. The van der Waals surface area contributed by atoms with Gasteiger partial charge in [-0.05, 0) is 74.4 Å². The van der Waals surface area contributed by atoms with Crippen LogP contribution in [0.15, 0.2) is 59.6 Å². The van der Waals surface area contributed by atoms with Gasteiger partial charge in [-0.2, -0.15) is 0 Å². The lowest BCUT2D eigenvalue weighted by atomic mass is 10.1. The molecule has 0 fully saturated rings. The molecule has 1 aliphatic heterocycles. The highest BCUT2D eigenvalue weighted by atomic mass is 32.2. The molecule has 0 aliphatic carbocycles. The van der Waals surface area contributed by atoms with E-state index in [-0.39, 0.29) is 22.1 Å². The molecule has 30 heavy (non-hydrogen) atoms. The summed E-state index contributed by atoms with van der Waals surface area (Å²) in [6.07, 6.45) is 1.58. The highest BCUT2D eigenvalue weighted by Gasteiger charge is 2.30. The maximum Gasteiger partial charge on any atom is 0.263 e. The monoisotopic (exact) mass is 423 g/mol. The molecule has 1 aromatic heterocycles. The zero-order valence-electron chi connectivity index (χ0n) is 16.8. The number of hydrogen-bond acceptors (Lipinski definition) is 5. The summed E-state index contributed by atoms with van der Waals surface area (Å²) in [5.74, 6) is 0.762. The number of anilines is 2. The number of nitrogens with zero attached hydrogens (tertiary/aromatic N) is 2. The van der Waals surface area contributed by atoms with Crippen LogP contribution in [-0.4, -0.2) is 25.9 Å². The average molecular weight is 423 g/mol. The van der Waals surface area contributed by atoms with E-state index in [1.165, 1.54) is 23.1 Å². The second-order valence-corrected chi connectivity index (χ2v) is 8.72. The molecule has 0 saturated carbocycles. The molecule has 154 valence electrons. The van der Waals surface area contributed by atoms with Crippen molar-refractivity contribution in [1.29, 1.82) is 0 Å². The average Bonchev–Trinajstić information content (AvgIpc) is 2.83. The molecule has 1 N–H and O–H groups in total. The number of aromatic nitrogens is 1. The third-order valence-electron chi connectivity index (χ3n) is 5.04. The molecule has 0 unspecified atom stereocenters. The minimum Gasteiger partial charge on any atom is -0.453 e. The van der Waals surface area contributed by atoms with E-state index in [0.29, 0.717) is 23.8 Å². The third-order valence-corrected chi connectivity index (χ3v) is 6.42. The van der Waals surface area contributed by atoms with Crippen molar-refractivity contribution in [2.24, 2.45) is 0 Å². The van der Waals surface area contributed by atoms with Gasteiger partial charge in [-0.1, -0.05) is 6.07 Å². The van der Waals surface area contributed by atoms with Crippen LogP contribution < -0.4 is 14.4 Å². The van der Waals surface area contributed by atoms with Gasteiger partial charge in [0.25, 0.3) is 15.9 Å². The van der Waals surface area contributed by atoms with Crippen LogP contribution in [0.25, 0.3) is 0 Å². The molecular weight excluding hydrogens is 402 g/mol. The third kappa shape index (κ3) is 3.50. The summed E-state index contributed by atoms with van der Waals surface area (Å²) >= 11 is 0. The first kappa shape index (κ1) is 19.9. The minimum atomic E-state index is -3.90. The summed E-state index contributed by atoms with van der Waals surface area (Å²) < 4.78 is 34.4. The predicted octanol–water partition coefficient (Wildman–Crippen LogP) is 4.27. The number of aryl methyl sites for hydroxylation is 2. The maximum atomic E-state index is 13.1. The summed E-state index contributed by atoms with van der Waals surface area (Å²) in [6, 6.07) is 13.0. The van der Waals surface area contributed by atoms with Crippen LogP contribution in [0.2, 0.25) is 0 Å². The second-order valence-electron chi connectivity index (χ2n) is 7.04. The number of nitrogens with one attached hydrogen (secondary N) is 1. The summed E-state index contributed by atoms with van der Waals surface area (Å²) in [5.41, 5.74) is 2.67. The quantitative estimate of drug-likeness (QED) is 0.677. The van der Waals surface area contributed by atoms with Crippen LogP contribution in [0.1, 0.15) is 28.4 Å². The molecule has 0 spiro atoms. The van der Waals surface area contributed by atoms with Gasteiger partial charge in [0, 0.05) is 18.4 Å². The van der Waals surface area contributed by atoms with Gasteiger partial charge in [0.15, 0.2) is 11.6 Å². The lowest BCUT2D eigenvalue weighted by Gasteiger charge is -2.18. The Labute approximate surface area is 175 Å². The molecule has 2 heterocycles. The number of amides is 1. The fourth-order valence-electron chi connectivity index (χ4n) is 3.27. The van der Waals surface area contributed by atoms with Gasteiger partial charge in [-0.3, -0.25) is 14.4 Å². The Balaban J connectivity index is 1.74. The van der Waals surface area contributed by atoms with Crippen LogP contribution in [0.5, 0.6) is 11.5 Å². The van der Waals surface area contributed by atoms with E-state index in [4.69, 9.17) is 4.74 Å². The van der Waals surface area contributed by atoms with E-state index >= 15 is 0 Å². The first-order chi connectivity index (χ1) is 14.3. The van der Waals surface area contributed by atoms with Crippen LogP contribution in [-0.2, 0) is 10.0 Å². The molecule has 1 amide bonds. The summed E-state index contributed by atoms with van der Waals surface area (Å²) in [4.78, 5) is 18.8. The number of rotatable bonds is 4. The van der Waals surface area contributed by atoms with Gasteiger partial charge < -0.3 is 4.74 Å². The van der Waals surface area contributed by atoms with Crippen LogP contribution >= 0.6 is 0 Å². The van der Waals surface area contributed by atoms with E-state index in [1.54, 1.807) is 30.5 Å². The van der Waals surface area contributed by atoms with Crippen LogP contribution in [0, 0.1) is 13.8 Å². The van der Waals surface area contributed by atoms with Crippen LogP contribution in [0.4, 0.5) is 11.5 Å². The predicted molar refractivity (Wildman–Crippen MR) is 115 cm³/mol. The second kappa shape index (κ2) is 7.46. The van der Waals surface area contributed by atoms with E-state index in [9.17, 15) is 13.2 Å². The van der Waals surface area contributed by atoms with Crippen molar-refractivity contribution in [3.05, 3.63) is 71.4 Å². The number of sulfonamides is 1. The zero-order valence-corrected chi connectivity index (χ0v) is 17.7. The smallest absolute Gasteiger partial charge is 0.263 e. The first-order valence-corrected chi connectivity index (χ1v) is 11.0. The van der Waals surface area contributed by atoms with E-state index in [1.807, 2.05) is 26.8 Å². The van der Waals surface area contributed by atoms with Gasteiger partial charge in [-0.25, -0.2) is 13.4 Å². The number of ether oxygens (including phenoxy) is 1. The van der Waals surface area contributed by atoms with E-state index in [0.717, 1.165) is 11.1 Å². The van der Waals surface area contributed by atoms with Crippen LogP contribution in [0.3, 0.4) is 0 Å². The van der Waals surface area contributed by atoms with Gasteiger partial charge in [0.2, 0.25) is 0 Å². The van der Waals surface area contributed by atoms with Gasteiger partial charge in [-0.15, -0.1) is 0 Å².